The van der Waals surface area contributed by atoms with Crippen molar-refractivity contribution in [3.63, 3.8) is 0 Å². The van der Waals surface area contributed by atoms with Crippen LogP contribution >= 0.6 is 15.9 Å². The van der Waals surface area contributed by atoms with E-state index in [2.05, 4.69) is 36.1 Å². The van der Waals surface area contributed by atoms with Crippen molar-refractivity contribution < 1.29 is 38.9 Å². The number of rotatable bonds is 12. The molecule has 0 saturated carbocycles. The molecule has 0 atom stereocenters. The van der Waals surface area contributed by atoms with Gasteiger partial charge in [0.15, 0.2) is 5.82 Å². The van der Waals surface area contributed by atoms with Crippen LogP contribution < -0.4 is 13.7 Å². The first kappa shape index (κ1) is 38.3. The van der Waals surface area contributed by atoms with E-state index >= 15 is 0 Å². The fourth-order valence-electron chi connectivity index (χ4n) is 4.07. The molecule has 0 aliphatic rings. The summed E-state index contributed by atoms with van der Waals surface area (Å²) in [7, 11) is -6.65. The molecule has 17 nitrogen and oxygen atoms in total. The largest absolute Gasteiger partial charge is 0.484 e. The Morgan fingerprint density at radius 1 is 0.654 bits per heavy atom. The van der Waals surface area contributed by atoms with Crippen LogP contribution in [0.3, 0.4) is 0 Å². The highest BCUT2D eigenvalue weighted by atomic mass is 79.9. The van der Waals surface area contributed by atoms with Crippen LogP contribution in [0.5, 0.6) is 23.0 Å². The highest BCUT2D eigenvalue weighted by molar-refractivity contribution is 9.10. The maximum atomic E-state index is 12.3. The van der Waals surface area contributed by atoms with Gasteiger partial charge in [0.05, 0.1) is 4.47 Å². The number of hydrogen-bond acceptors (Lipinski definition) is 13. The van der Waals surface area contributed by atoms with E-state index in [0.717, 1.165) is 40.6 Å². The van der Waals surface area contributed by atoms with Crippen molar-refractivity contribution >= 4 is 57.2 Å². The van der Waals surface area contributed by atoms with Crippen LogP contribution in [0.1, 0.15) is 5.82 Å². The molecule has 0 radical (unpaired) electrons. The first-order valence-corrected chi connectivity index (χ1v) is 19.8. The van der Waals surface area contributed by atoms with Gasteiger partial charge in [0, 0.05) is 28.2 Å². The Balaban J connectivity index is 0.000000203. The zero-order valence-corrected chi connectivity index (χ0v) is 31.9. The van der Waals surface area contributed by atoms with Crippen molar-refractivity contribution in [2.75, 3.05) is 28.2 Å². The minimum absolute atomic E-state index is 0.00720. The van der Waals surface area contributed by atoms with Crippen LogP contribution in [0, 0.1) is 0 Å². The summed E-state index contributed by atoms with van der Waals surface area (Å²) >= 11 is 3.54. The number of hydrogen-bond donors (Lipinski definition) is 0. The van der Waals surface area contributed by atoms with Gasteiger partial charge in [0.1, 0.15) is 42.3 Å². The van der Waals surface area contributed by atoms with Gasteiger partial charge in [-0.2, -0.15) is 33.9 Å². The molecule has 274 valence electrons. The van der Waals surface area contributed by atoms with Crippen molar-refractivity contribution in [3.8, 4) is 23.0 Å². The van der Waals surface area contributed by atoms with Crippen LogP contribution in [-0.4, -0.2) is 90.4 Å². The molecule has 0 N–H and O–H groups in total. The molecule has 6 rings (SSSR count). The maximum absolute atomic E-state index is 12.3. The summed E-state index contributed by atoms with van der Waals surface area (Å²) in [4.78, 5) is 7.49. The van der Waals surface area contributed by atoms with Crippen LogP contribution in [0.4, 0.5) is 0 Å². The van der Waals surface area contributed by atoms with Crippen LogP contribution in [0.15, 0.2) is 113 Å². The highest BCUT2D eigenvalue weighted by Crippen LogP contribution is 2.33. The molecule has 2 heterocycles. The maximum Gasteiger partial charge on any atom is 0.377 e. The molecule has 0 aliphatic carbocycles. The van der Waals surface area contributed by atoms with E-state index in [0.29, 0.717) is 21.3 Å². The van der Waals surface area contributed by atoms with Gasteiger partial charge in [-0.05, 0) is 69.2 Å². The van der Waals surface area contributed by atoms with E-state index in [1.807, 2.05) is 54.6 Å². The van der Waals surface area contributed by atoms with E-state index in [4.69, 9.17) is 13.7 Å². The predicted octanol–water partition coefficient (Wildman–Crippen LogP) is 3.92. The van der Waals surface area contributed by atoms with Crippen LogP contribution in [0.25, 0.3) is 10.8 Å². The first-order valence-electron chi connectivity index (χ1n) is 14.8. The molecule has 6 aromatic rings. The number of halogens is 1. The fraction of sp³-hybridized carbons (Fsp3) is 0.161. The Morgan fingerprint density at radius 3 is 1.87 bits per heavy atom. The van der Waals surface area contributed by atoms with Crippen molar-refractivity contribution in [2.45, 2.75) is 11.8 Å². The van der Waals surface area contributed by atoms with Gasteiger partial charge < -0.3 is 13.7 Å². The van der Waals surface area contributed by atoms with E-state index in [-0.39, 0.29) is 18.2 Å². The second-order valence-electron chi connectivity index (χ2n) is 10.8. The number of para-hydroxylation sites is 1. The highest BCUT2D eigenvalue weighted by Gasteiger charge is 2.26. The van der Waals surface area contributed by atoms with Gasteiger partial charge in [-0.3, -0.25) is 0 Å². The summed E-state index contributed by atoms with van der Waals surface area (Å²) in [5, 5.41) is 8.78. The Hall–Kier alpha value is -4.93. The summed E-state index contributed by atoms with van der Waals surface area (Å²) in [6.45, 7) is 0.0624. The number of ether oxygens (including phenoxy) is 2. The Labute approximate surface area is 308 Å². The summed E-state index contributed by atoms with van der Waals surface area (Å²) in [5.41, 5.74) is 0. The number of nitrogens with zero attached hydrogens (tertiary/aromatic N) is 8. The molecule has 0 saturated heterocycles. The molecule has 21 heteroatoms. The molecule has 4 aromatic carbocycles. The third-order valence-electron chi connectivity index (χ3n) is 6.78. The van der Waals surface area contributed by atoms with E-state index in [9.17, 15) is 25.3 Å². The minimum atomic E-state index is -4.42. The molecular weight excluding hydrogens is 804 g/mol. The zero-order chi connectivity index (χ0) is 37.7. The van der Waals surface area contributed by atoms with Gasteiger partial charge >= 0.3 is 35.7 Å². The molecule has 0 bridgehead atoms. The van der Waals surface area contributed by atoms with Crippen molar-refractivity contribution in [1.82, 2.24) is 36.9 Å². The van der Waals surface area contributed by atoms with E-state index < -0.39 is 35.7 Å². The Bertz CT molecular complexity index is 2490. The monoisotopic (exact) mass is 834 g/mol. The summed E-state index contributed by atoms with van der Waals surface area (Å²) < 4.78 is 92.7. The van der Waals surface area contributed by atoms with E-state index in [1.54, 1.807) is 12.1 Å². The lowest BCUT2D eigenvalue weighted by atomic mass is 10.1. The smallest absolute Gasteiger partial charge is 0.377 e. The SMILES string of the molecule is CN(C)S(=O)(=O)n1cnc(COc2ccc3ccccc3c2Br)n1.CN(C)S(=O)(=O)n1cnc(S(=O)(=O)Oc2ccc(Oc3ccccc3)cc2)n1. The van der Waals surface area contributed by atoms with Gasteiger partial charge in [0.25, 0.3) is 0 Å². The average Bonchev–Trinajstić information content (AvgIpc) is 3.82. The van der Waals surface area contributed by atoms with Gasteiger partial charge in [-0.15, -0.1) is 18.4 Å². The predicted molar refractivity (Wildman–Crippen MR) is 193 cm³/mol. The van der Waals surface area contributed by atoms with Crippen LogP contribution in [0.2, 0.25) is 0 Å². The molecule has 2 aromatic heterocycles. The van der Waals surface area contributed by atoms with Crippen LogP contribution in [-0.2, 0) is 37.1 Å². The summed E-state index contributed by atoms with van der Waals surface area (Å²) in [6, 6.07) is 26.6. The van der Waals surface area contributed by atoms with Gasteiger partial charge in [0.2, 0.25) is 0 Å². The molecule has 0 amide bonds. The lowest BCUT2D eigenvalue weighted by molar-refractivity contribution is 0.294. The zero-order valence-electron chi connectivity index (χ0n) is 27.9. The Morgan fingerprint density at radius 2 is 1.21 bits per heavy atom. The molecule has 52 heavy (non-hydrogen) atoms. The van der Waals surface area contributed by atoms with E-state index in [1.165, 1.54) is 52.5 Å². The lowest BCUT2D eigenvalue weighted by Crippen LogP contribution is -2.29. The topological polar surface area (TPSA) is 198 Å². The third kappa shape index (κ3) is 8.92. The normalized spacial score (nSPS) is 12.1. The van der Waals surface area contributed by atoms with Gasteiger partial charge in [-0.25, -0.2) is 9.97 Å². The number of fused-ring (bicyclic) bond motifs is 1. The lowest BCUT2D eigenvalue weighted by Gasteiger charge is -2.10. The second-order valence-corrected chi connectivity index (χ2v) is 17.1. The summed E-state index contributed by atoms with van der Waals surface area (Å²) in [5.74, 6) is 2.02. The third-order valence-corrected chi connectivity index (χ3v) is 11.8. The van der Waals surface area contributed by atoms with Crippen molar-refractivity contribution in [1.29, 1.82) is 0 Å². The fourth-order valence-corrected chi connectivity index (χ4v) is 6.92. The quantitative estimate of drug-likeness (QED) is 0.161. The first-order chi connectivity index (χ1) is 24.6. The molecule has 0 unspecified atom stereocenters. The number of benzene rings is 4. The van der Waals surface area contributed by atoms with Crippen molar-refractivity contribution in [2.24, 2.45) is 0 Å². The average molecular weight is 836 g/mol. The minimum Gasteiger partial charge on any atom is -0.484 e. The van der Waals surface area contributed by atoms with Gasteiger partial charge in [-0.1, -0.05) is 48.5 Å². The molecule has 0 fully saturated rings. The molecule has 0 spiro atoms. The summed E-state index contributed by atoms with van der Waals surface area (Å²) in [6.07, 6.45) is 1.94. The molecular formula is C31H31BrN8O9S3. The number of aromatic nitrogens is 6. The van der Waals surface area contributed by atoms with Crippen molar-refractivity contribution in [3.05, 3.63) is 114 Å². The molecule has 0 aliphatic heterocycles. The Kier molecular flexibility index (Phi) is 11.6. The standard InChI is InChI=1S/C16H16N4O6S2.C15H15BrN4O3S/c1-19(2)28(23,24)20-12-17-16(18-20)27(21,22)26-15-10-8-14(9-11-15)25-13-6-4-3-5-7-13;1-19(2)24(21,22)20-10-17-14(18-20)9-23-13-8-7-11-5-3-4-6-12(11)15(13)16/h3-12H,1-2H3;3-8,10H,9H2,1-2H3. The second kappa shape index (κ2) is 15.8.